The fourth-order valence-corrected chi connectivity index (χ4v) is 15.2. The van der Waals surface area contributed by atoms with Gasteiger partial charge in [-0.3, -0.25) is 0 Å². The number of nitrogens with zero attached hydrogens (tertiary/aromatic N) is 14. The van der Waals surface area contributed by atoms with Gasteiger partial charge in [0.05, 0.1) is 39.0 Å². The maximum atomic E-state index is 18.3. The van der Waals surface area contributed by atoms with E-state index in [0.717, 1.165) is 16.7 Å². The first-order valence-electron chi connectivity index (χ1n) is 37.6. The number of benzene rings is 14. The Morgan fingerprint density at radius 3 is 0.622 bits per heavy atom. The molecule has 0 bridgehead atoms. The average molecular weight is 1570 g/mol. The predicted octanol–water partition coefficient (Wildman–Crippen LogP) is 24.0. The third-order valence-corrected chi connectivity index (χ3v) is 20.7. The Kier molecular flexibility index (Phi) is 17.9. The van der Waals surface area contributed by atoms with Crippen LogP contribution in [0.2, 0.25) is 0 Å². The van der Waals surface area contributed by atoms with Crippen molar-refractivity contribution in [3.05, 3.63) is 362 Å². The molecule has 0 unspecified atom stereocenters. The number of alkyl halides is 3. The second-order valence-electron chi connectivity index (χ2n) is 28.1. The Hall–Kier alpha value is -15.8. The molecule has 0 N–H and O–H groups in total. The summed E-state index contributed by atoms with van der Waals surface area (Å²) in [7, 11) is 0. The summed E-state index contributed by atoms with van der Waals surface area (Å²) in [5.41, 5.74) is 1.01. The van der Waals surface area contributed by atoms with Crippen LogP contribution in [0.4, 0.5) is 35.1 Å². The summed E-state index contributed by atoms with van der Waals surface area (Å²) >= 11 is 0. The van der Waals surface area contributed by atoms with E-state index in [1.807, 2.05) is 243 Å². The van der Waals surface area contributed by atoms with Gasteiger partial charge in [0.1, 0.15) is 5.56 Å². The molecule has 0 atom stereocenters. The summed E-state index contributed by atoms with van der Waals surface area (Å²) in [6.45, 7) is 0. The van der Waals surface area contributed by atoms with Gasteiger partial charge in [0.25, 0.3) is 0 Å². The molecule has 0 fully saturated rings. The normalized spacial score (nSPS) is 11.7. The van der Waals surface area contributed by atoms with Crippen molar-refractivity contribution in [3.63, 3.8) is 0 Å². The van der Waals surface area contributed by atoms with E-state index in [4.69, 9.17) is 59.8 Å². The molecule has 14 nitrogen and oxygen atoms in total. The Morgan fingerprint density at radius 2 is 0.403 bits per heavy atom. The van der Waals surface area contributed by atoms with Crippen LogP contribution >= 0.6 is 0 Å². The van der Waals surface area contributed by atoms with E-state index < -0.39 is 63.3 Å². The monoisotopic (exact) mass is 1570 g/mol. The third kappa shape index (κ3) is 13.2. The number of hydrogen-bond donors (Lipinski definition) is 0. The fraction of sp³-hybridized carbons (Fsp3) is 0.0103. The largest absolute Gasteiger partial charge is 0.420 e. The number of rotatable bonds is 15. The molecular weight excluding hydrogens is 1510 g/mol. The highest BCUT2D eigenvalue weighted by atomic mass is 19.4. The zero-order valence-corrected chi connectivity index (χ0v) is 62.0. The van der Waals surface area contributed by atoms with Gasteiger partial charge in [0, 0.05) is 93.9 Å². The summed E-state index contributed by atoms with van der Waals surface area (Å²) in [5, 5.41) is 1.09. The first kappa shape index (κ1) is 72.1. The maximum Gasteiger partial charge on any atom is 0.420 e. The molecule has 0 radical (unpaired) electrons. The molecule has 6 heterocycles. The Balaban J connectivity index is 0.889. The summed E-state index contributed by atoms with van der Waals surface area (Å²) in [6, 6.07) is 95.4. The molecule has 20 rings (SSSR count). The second kappa shape index (κ2) is 29.5. The van der Waals surface area contributed by atoms with E-state index >= 15 is 35.1 Å². The molecule has 0 spiro atoms. The highest BCUT2D eigenvalue weighted by Crippen LogP contribution is 2.51. The lowest BCUT2D eigenvalue weighted by Crippen LogP contribution is -2.17. The summed E-state index contributed by atoms with van der Waals surface area (Å²) in [6.07, 6.45) is -5.60. The van der Waals surface area contributed by atoms with Crippen molar-refractivity contribution < 1.29 is 35.1 Å². The highest BCUT2D eigenvalue weighted by molar-refractivity contribution is 6.14. The Morgan fingerprint density at radius 1 is 0.202 bits per heavy atom. The van der Waals surface area contributed by atoms with Crippen molar-refractivity contribution >= 4 is 43.6 Å². The lowest BCUT2D eigenvalue weighted by atomic mass is 9.95. The number of fused-ring (bicyclic) bond motifs is 6. The molecule has 6 aromatic heterocycles. The van der Waals surface area contributed by atoms with Crippen molar-refractivity contribution in [1.82, 2.24) is 68.9 Å². The first-order chi connectivity index (χ1) is 58.2. The maximum absolute atomic E-state index is 18.3. The number of hydrogen-bond acceptors (Lipinski definition) is 12. The third-order valence-electron chi connectivity index (χ3n) is 20.7. The molecular formula is C97H54F8N14. The van der Waals surface area contributed by atoms with Gasteiger partial charge in [-0.1, -0.05) is 243 Å². The van der Waals surface area contributed by atoms with Gasteiger partial charge in [0.15, 0.2) is 93.2 Å². The zero-order chi connectivity index (χ0) is 80.6. The molecule has 0 aliphatic heterocycles. The molecule has 22 heteroatoms. The molecule has 14 aromatic carbocycles. The van der Waals surface area contributed by atoms with Gasteiger partial charge in [-0.15, -0.1) is 0 Å². The van der Waals surface area contributed by atoms with Gasteiger partial charge >= 0.3 is 6.18 Å². The van der Waals surface area contributed by atoms with E-state index in [1.165, 1.54) is 16.7 Å². The molecule has 0 amide bonds. The molecule has 0 saturated carbocycles. The van der Waals surface area contributed by atoms with Gasteiger partial charge in [-0.2, -0.15) is 13.2 Å². The zero-order valence-electron chi connectivity index (χ0n) is 62.0. The molecule has 20 aromatic rings. The Bertz CT molecular complexity index is 6750. The van der Waals surface area contributed by atoms with Crippen LogP contribution in [0.15, 0.2) is 328 Å². The second-order valence-corrected chi connectivity index (χ2v) is 28.1. The lowest BCUT2D eigenvalue weighted by molar-refractivity contribution is -0.137. The summed E-state index contributed by atoms with van der Waals surface area (Å²) in [5.74, 6) is -8.98. The minimum absolute atomic E-state index is 0.0411. The van der Waals surface area contributed by atoms with Crippen molar-refractivity contribution in [2.75, 3.05) is 0 Å². The van der Waals surface area contributed by atoms with Gasteiger partial charge in [0.2, 0.25) is 5.82 Å². The Labute approximate surface area is 671 Å². The minimum Gasteiger partial charge on any atom is -0.309 e. The fourth-order valence-electron chi connectivity index (χ4n) is 15.2. The average Bonchev–Trinajstić information content (AvgIpc) is 1.59. The van der Waals surface area contributed by atoms with Gasteiger partial charge in [-0.05, 0) is 84.9 Å². The molecule has 0 saturated heterocycles. The topological polar surface area (TPSA) is 165 Å². The van der Waals surface area contributed by atoms with E-state index in [2.05, 4.69) is 0 Å². The lowest BCUT2D eigenvalue weighted by Gasteiger charge is -2.25. The van der Waals surface area contributed by atoms with Crippen LogP contribution in [-0.2, 0) is 6.18 Å². The summed E-state index contributed by atoms with van der Waals surface area (Å²) in [4.78, 5) is 60.0. The van der Waals surface area contributed by atoms with Crippen molar-refractivity contribution in [3.8, 4) is 159 Å². The van der Waals surface area contributed by atoms with Crippen molar-refractivity contribution in [2.24, 2.45) is 0 Å². The van der Waals surface area contributed by atoms with E-state index in [-0.39, 0.29) is 79.4 Å². The molecule has 0 aliphatic rings. The minimum atomic E-state index is -5.60. The van der Waals surface area contributed by atoms with Gasteiger partial charge < -0.3 is 9.13 Å². The van der Waals surface area contributed by atoms with Crippen molar-refractivity contribution in [2.45, 2.75) is 6.18 Å². The standard InChI is InChI=1S/C97H54F8N14/c98-79-77(80(99)82(101)83(102)81(79)100)67-45-50-76(118-72-46-41-63(93-110-85(55-25-9-1-10-26-55)106-86(111-93)56-27-11-2-12-28-56)51-68(72)69-52-64(42-47-73(69)118)94-112-87(57-29-13-3-14-30-57)107-88(113-94)58-31-15-4-16-32-58)78(97(103,104)105)84(67)119-74-48-43-65(95-114-89(59-33-17-5-18-34-59)108-90(115-95)60-35-19-6-20-36-60)53-70(74)71-54-66(44-49-75(71)119)96-116-91(61-37-21-7-22-38-61)109-92(117-96)62-39-23-8-24-40-62/h1-54H. The predicted molar refractivity (Wildman–Crippen MR) is 444 cm³/mol. The van der Waals surface area contributed by atoms with Crippen LogP contribution < -0.4 is 0 Å². The van der Waals surface area contributed by atoms with Crippen LogP contribution in [0, 0.1) is 29.1 Å². The van der Waals surface area contributed by atoms with Crippen LogP contribution in [0.25, 0.3) is 203 Å². The number of aromatic nitrogens is 14. The van der Waals surface area contributed by atoms with Crippen LogP contribution in [-0.4, -0.2) is 68.9 Å². The SMILES string of the molecule is Fc1c(F)c(F)c(-c2ccc(-n3c4ccc(-c5nc(-c6ccccc6)nc(-c6ccccc6)n5)cc4c4cc(-c5nc(-c6ccccc6)nc(-c6ccccc6)n5)ccc43)c(C(F)(F)F)c2-n2c3ccc(-c4nc(-c5ccccc5)nc(-c5ccccc5)n4)cc3c3cc(-c4nc(-c5ccccc5)nc(-c5ccccc5)n4)ccc32)c(F)c1F. The first-order valence-corrected chi connectivity index (χ1v) is 37.6. The smallest absolute Gasteiger partial charge is 0.309 e. The van der Waals surface area contributed by atoms with Gasteiger partial charge in [-0.25, -0.2) is 81.8 Å². The summed E-state index contributed by atoms with van der Waals surface area (Å²) < 4.78 is 140. The van der Waals surface area contributed by atoms with E-state index in [1.54, 1.807) is 60.7 Å². The highest BCUT2D eigenvalue weighted by Gasteiger charge is 2.42. The van der Waals surface area contributed by atoms with E-state index in [0.29, 0.717) is 101 Å². The molecule has 0 aliphatic carbocycles. The molecule has 119 heavy (non-hydrogen) atoms. The van der Waals surface area contributed by atoms with Crippen LogP contribution in [0.1, 0.15) is 5.56 Å². The van der Waals surface area contributed by atoms with Crippen molar-refractivity contribution in [1.29, 1.82) is 0 Å². The van der Waals surface area contributed by atoms with E-state index in [9.17, 15) is 0 Å². The number of halogens is 8. The van der Waals surface area contributed by atoms with Crippen LogP contribution in [0.5, 0.6) is 0 Å². The van der Waals surface area contributed by atoms with Crippen LogP contribution in [0.3, 0.4) is 0 Å². The molecule has 568 valence electrons. The quantitative estimate of drug-likeness (QED) is 0.0543.